The molecule has 9 nitrogen and oxygen atoms in total. The van der Waals surface area contributed by atoms with Gasteiger partial charge in [-0.1, -0.05) is 24.3 Å². The predicted octanol–water partition coefficient (Wildman–Crippen LogP) is 4.76. The second kappa shape index (κ2) is 11.3. The Morgan fingerprint density at radius 3 is 2.20 bits per heavy atom. The Morgan fingerprint density at radius 2 is 1.63 bits per heavy atom. The maximum atomic E-state index is 15.2. The topological polar surface area (TPSA) is 100.0 Å². The second-order valence-corrected chi connectivity index (χ2v) is 10.3. The molecule has 1 aliphatic carbocycles. The molecular weight excluding hydrogens is 536 g/mol. The fourth-order valence-electron chi connectivity index (χ4n) is 5.77. The average molecular weight is 568 g/mol. The monoisotopic (exact) mass is 567 g/mol. The number of carbonyl (C=O) groups is 2. The van der Waals surface area contributed by atoms with Gasteiger partial charge in [0.1, 0.15) is 11.6 Å². The van der Waals surface area contributed by atoms with Crippen LogP contribution in [0, 0.1) is 11.6 Å². The molecule has 2 aliphatic rings. The average Bonchev–Trinajstić information content (AvgIpc) is 3.09. The molecule has 0 fully saturated rings. The van der Waals surface area contributed by atoms with Gasteiger partial charge in [-0.3, -0.25) is 14.3 Å². The first kappa shape index (κ1) is 28.3. The van der Waals surface area contributed by atoms with Crippen LogP contribution in [0.5, 0.6) is 5.75 Å². The molecule has 0 spiro atoms. The fourth-order valence-corrected chi connectivity index (χ4v) is 5.77. The van der Waals surface area contributed by atoms with E-state index in [1.165, 1.54) is 23.7 Å². The number of ether oxygens (including phenoxy) is 3. The van der Waals surface area contributed by atoms with Crippen molar-refractivity contribution in [2.75, 3.05) is 13.2 Å². The Balaban J connectivity index is 1.71. The Bertz CT molecular complexity index is 1500. The number of carbonyl (C=O) groups excluding carboxylic acids is 2. The van der Waals surface area contributed by atoms with Crippen molar-refractivity contribution in [2.24, 2.45) is 0 Å². The molecule has 41 heavy (non-hydrogen) atoms. The van der Waals surface area contributed by atoms with Gasteiger partial charge < -0.3 is 19.1 Å². The zero-order chi connectivity index (χ0) is 29.4. The summed E-state index contributed by atoms with van der Waals surface area (Å²) in [5, 5.41) is 4.36. The van der Waals surface area contributed by atoms with Crippen molar-refractivity contribution in [3.8, 4) is 5.75 Å². The maximum absolute atomic E-state index is 15.2. The van der Waals surface area contributed by atoms with Crippen LogP contribution in [0.4, 0.5) is 13.6 Å². The van der Waals surface area contributed by atoms with Crippen LogP contribution in [-0.2, 0) is 22.3 Å². The number of rotatable bonds is 6. The van der Waals surface area contributed by atoms with E-state index in [0.717, 1.165) is 6.20 Å². The van der Waals surface area contributed by atoms with Crippen molar-refractivity contribution in [1.29, 1.82) is 0 Å². The number of benzene rings is 2. The Hall–Kier alpha value is -4.28. The molecule has 0 radical (unpaired) electrons. The molecule has 0 saturated heterocycles. The van der Waals surface area contributed by atoms with Gasteiger partial charge in [0.2, 0.25) is 17.5 Å². The molecule has 2 atom stereocenters. The lowest BCUT2D eigenvalue weighted by Crippen LogP contribution is -2.50. The number of aromatic nitrogens is 2. The number of fused-ring (bicyclic) bond motifs is 3. The molecule has 11 heteroatoms. The highest BCUT2D eigenvalue weighted by Crippen LogP contribution is 2.45. The van der Waals surface area contributed by atoms with Crippen molar-refractivity contribution in [3.05, 3.63) is 92.4 Å². The lowest BCUT2D eigenvalue weighted by atomic mass is 9.81. The molecule has 0 bridgehead atoms. The summed E-state index contributed by atoms with van der Waals surface area (Å²) in [5.41, 5.74) is 1.43. The molecule has 0 saturated carbocycles. The van der Waals surface area contributed by atoms with Crippen LogP contribution in [0.1, 0.15) is 72.4 Å². The summed E-state index contributed by atoms with van der Waals surface area (Å²) < 4.78 is 47.4. The van der Waals surface area contributed by atoms with Gasteiger partial charge in [-0.2, -0.15) is 5.10 Å². The van der Waals surface area contributed by atoms with Crippen molar-refractivity contribution in [2.45, 2.75) is 64.8 Å². The van der Waals surface area contributed by atoms with Crippen molar-refractivity contribution in [3.63, 3.8) is 0 Å². The lowest BCUT2D eigenvalue weighted by Gasteiger charge is -2.41. The Labute approximate surface area is 235 Å². The highest BCUT2D eigenvalue weighted by molar-refractivity contribution is 5.96. The van der Waals surface area contributed by atoms with Gasteiger partial charge in [0.15, 0.2) is 5.69 Å². The van der Waals surface area contributed by atoms with Gasteiger partial charge in [0.25, 0.3) is 5.91 Å². The molecule has 5 rings (SSSR count). The summed E-state index contributed by atoms with van der Waals surface area (Å²) in [4.78, 5) is 40.3. The van der Waals surface area contributed by atoms with Crippen LogP contribution in [0.15, 0.2) is 47.4 Å². The van der Waals surface area contributed by atoms with E-state index in [1.54, 1.807) is 24.0 Å². The molecule has 3 aromatic rings. The molecule has 1 amide bonds. The maximum Gasteiger partial charge on any atom is 0.511 e. The minimum absolute atomic E-state index is 0.0773. The summed E-state index contributed by atoms with van der Waals surface area (Å²) in [6.07, 6.45) is -0.637. The highest BCUT2D eigenvalue weighted by atomic mass is 19.1. The summed E-state index contributed by atoms with van der Waals surface area (Å²) in [5.74, 6) is -2.25. The Morgan fingerprint density at radius 1 is 1.02 bits per heavy atom. The second-order valence-electron chi connectivity index (χ2n) is 10.3. The number of hydrogen-bond acceptors (Lipinski definition) is 7. The molecule has 1 aliphatic heterocycles. The minimum atomic E-state index is -1.27. The van der Waals surface area contributed by atoms with Gasteiger partial charge >= 0.3 is 6.16 Å². The van der Waals surface area contributed by atoms with Crippen molar-refractivity contribution < 1.29 is 32.6 Å². The first-order valence-electron chi connectivity index (χ1n) is 13.6. The zero-order valence-electron chi connectivity index (χ0n) is 23.2. The van der Waals surface area contributed by atoms with E-state index in [-0.39, 0.29) is 30.6 Å². The fraction of sp³-hybridized carbons (Fsp3) is 0.400. The van der Waals surface area contributed by atoms with Crippen molar-refractivity contribution >= 4 is 12.1 Å². The van der Waals surface area contributed by atoms with Gasteiger partial charge in [-0.25, -0.2) is 13.6 Å². The van der Waals surface area contributed by atoms with Crippen LogP contribution in [-0.4, -0.2) is 52.2 Å². The lowest BCUT2D eigenvalue weighted by molar-refractivity contribution is -0.0533. The van der Waals surface area contributed by atoms with E-state index in [4.69, 9.17) is 14.2 Å². The number of amides is 1. The van der Waals surface area contributed by atoms with Crippen LogP contribution < -0.4 is 10.2 Å². The summed E-state index contributed by atoms with van der Waals surface area (Å²) >= 11 is 0. The van der Waals surface area contributed by atoms with Gasteiger partial charge in [-0.05, 0) is 68.0 Å². The van der Waals surface area contributed by atoms with E-state index >= 15 is 8.78 Å². The third-order valence-electron chi connectivity index (χ3n) is 7.55. The predicted molar refractivity (Wildman–Crippen MR) is 144 cm³/mol. The molecule has 1 aromatic heterocycles. The first-order valence-corrected chi connectivity index (χ1v) is 13.6. The van der Waals surface area contributed by atoms with Crippen LogP contribution in [0.25, 0.3) is 0 Å². The van der Waals surface area contributed by atoms with E-state index in [0.29, 0.717) is 35.1 Å². The third kappa shape index (κ3) is 5.16. The minimum Gasteiger partial charge on any atom is -0.448 e. The van der Waals surface area contributed by atoms with Gasteiger partial charge in [-0.15, -0.1) is 0 Å². The number of nitrogens with zero attached hydrogens (tertiary/aromatic N) is 3. The van der Waals surface area contributed by atoms with E-state index in [1.807, 2.05) is 26.0 Å². The highest BCUT2D eigenvalue weighted by Gasteiger charge is 2.43. The molecule has 2 aromatic carbocycles. The van der Waals surface area contributed by atoms with Crippen molar-refractivity contribution in [1.82, 2.24) is 14.7 Å². The number of halogens is 2. The smallest absolute Gasteiger partial charge is 0.448 e. The molecular formula is C30H31F2N3O6. The molecule has 2 unspecified atom stereocenters. The molecule has 216 valence electrons. The quantitative estimate of drug-likeness (QED) is 0.313. The largest absolute Gasteiger partial charge is 0.511 e. The number of hydrogen-bond donors (Lipinski definition) is 0. The summed E-state index contributed by atoms with van der Waals surface area (Å²) in [6, 6.07) is 8.67. The normalized spacial score (nSPS) is 17.3. The molecule has 2 heterocycles. The van der Waals surface area contributed by atoms with Crippen LogP contribution in [0.2, 0.25) is 0 Å². The SMILES string of the molecule is CCOC(=O)OC(C)Oc1c2n(ncc1=O)C(C1c3cccc(F)c3CCc3c(F)cccc31)CN(C(C)C)C2=O. The molecule has 0 N–H and O–H groups in total. The van der Waals surface area contributed by atoms with E-state index in [9.17, 15) is 14.4 Å². The Kier molecular flexibility index (Phi) is 7.79. The van der Waals surface area contributed by atoms with Crippen LogP contribution >= 0.6 is 0 Å². The zero-order valence-corrected chi connectivity index (χ0v) is 23.2. The summed E-state index contributed by atoms with van der Waals surface area (Å²) in [6.45, 7) is 6.90. The van der Waals surface area contributed by atoms with Gasteiger partial charge in [0, 0.05) is 25.4 Å². The first-order chi connectivity index (χ1) is 19.6. The van der Waals surface area contributed by atoms with E-state index in [2.05, 4.69) is 5.10 Å². The summed E-state index contributed by atoms with van der Waals surface area (Å²) in [7, 11) is 0. The standard InChI is InChI=1S/C30H31F2N3O6/c1-5-39-30(38)41-17(4)40-28-25(36)14-33-35-24(15-34(16(2)3)29(37)27(28)35)26-20-8-6-10-22(31)18(20)12-13-19-21(26)9-7-11-23(19)32/h6-11,14,16-17,24,26H,5,12-13,15H2,1-4H3. The van der Waals surface area contributed by atoms with Gasteiger partial charge in [0.05, 0.1) is 18.8 Å². The third-order valence-corrected chi connectivity index (χ3v) is 7.55. The van der Waals surface area contributed by atoms with E-state index < -0.39 is 47.4 Å². The van der Waals surface area contributed by atoms with Crippen LogP contribution in [0.3, 0.4) is 0 Å².